The van der Waals surface area contributed by atoms with Gasteiger partial charge in [-0.15, -0.1) is 0 Å². The first kappa shape index (κ1) is 16.9. The first-order chi connectivity index (χ1) is 9.97. The summed E-state index contributed by atoms with van der Waals surface area (Å²) < 4.78 is 0. The molecule has 21 heavy (non-hydrogen) atoms. The lowest BCUT2D eigenvalue weighted by atomic mass is 9.96. The molecule has 0 aromatic heterocycles. The van der Waals surface area contributed by atoms with E-state index in [4.69, 9.17) is 5.73 Å². The van der Waals surface area contributed by atoms with Crippen molar-refractivity contribution < 1.29 is 14.8 Å². The fourth-order valence-corrected chi connectivity index (χ4v) is 2.08. The summed E-state index contributed by atoms with van der Waals surface area (Å²) in [6.45, 7) is 2.66. The van der Waals surface area contributed by atoms with Gasteiger partial charge in [-0.2, -0.15) is 0 Å². The molecule has 0 fully saturated rings. The number of phenolic OH excluding ortho intramolecular Hbond substituents is 1. The number of nitro groups is 1. The number of nitro benzene ring substituents is 1. The van der Waals surface area contributed by atoms with E-state index in [9.17, 15) is 20.0 Å². The molecule has 0 aliphatic carbocycles. The molecule has 0 bridgehead atoms. The third-order valence-corrected chi connectivity index (χ3v) is 3.40. The molecule has 0 spiro atoms. The van der Waals surface area contributed by atoms with Gasteiger partial charge in [0.15, 0.2) is 0 Å². The number of non-ortho nitro benzene ring substituents is 1. The van der Waals surface area contributed by atoms with Crippen molar-refractivity contribution in [2.75, 3.05) is 11.9 Å². The predicted octanol–water partition coefficient (Wildman–Crippen LogP) is 2.39. The van der Waals surface area contributed by atoms with Crippen LogP contribution in [0.25, 0.3) is 0 Å². The Labute approximate surface area is 123 Å². The van der Waals surface area contributed by atoms with Gasteiger partial charge in [-0.1, -0.05) is 13.3 Å². The van der Waals surface area contributed by atoms with E-state index in [-0.39, 0.29) is 23.0 Å². The van der Waals surface area contributed by atoms with Crippen LogP contribution in [0, 0.1) is 16.0 Å². The number of amides is 1. The molecular formula is C14H21N3O4. The molecule has 116 valence electrons. The molecule has 1 aromatic rings. The molecule has 0 saturated heterocycles. The van der Waals surface area contributed by atoms with E-state index in [2.05, 4.69) is 12.2 Å². The van der Waals surface area contributed by atoms with Crippen molar-refractivity contribution in [3.8, 4) is 5.75 Å². The standard InChI is InChI=1S/C14H21N3O4/c1-2-10(7-8-15)3-6-14(19)16-12-5-4-11(17(20)21)9-13(12)18/h4-5,9-10,18H,2-3,6-8,15H2,1H3,(H,16,19). The highest BCUT2D eigenvalue weighted by molar-refractivity contribution is 5.92. The fraction of sp³-hybridized carbons (Fsp3) is 0.500. The largest absolute Gasteiger partial charge is 0.506 e. The maximum absolute atomic E-state index is 11.8. The number of carbonyl (C=O) groups is 1. The van der Waals surface area contributed by atoms with Crippen molar-refractivity contribution in [1.82, 2.24) is 0 Å². The lowest BCUT2D eigenvalue weighted by Gasteiger charge is -2.13. The highest BCUT2D eigenvalue weighted by Gasteiger charge is 2.13. The summed E-state index contributed by atoms with van der Waals surface area (Å²) in [6.07, 6.45) is 2.90. The number of nitrogens with one attached hydrogen (secondary N) is 1. The third kappa shape index (κ3) is 5.39. The van der Waals surface area contributed by atoms with Crippen LogP contribution in [0.3, 0.4) is 0 Å². The zero-order valence-corrected chi connectivity index (χ0v) is 12.0. The first-order valence-corrected chi connectivity index (χ1v) is 6.95. The molecule has 0 aliphatic rings. The number of hydrogen-bond donors (Lipinski definition) is 3. The van der Waals surface area contributed by atoms with Crippen LogP contribution >= 0.6 is 0 Å². The van der Waals surface area contributed by atoms with E-state index >= 15 is 0 Å². The fourth-order valence-electron chi connectivity index (χ4n) is 2.08. The second-order valence-corrected chi connectivity index (χ2v) is 4.90. The number of phenols is 1. The Bertz CT molecular complexity index is 505. The smallest absolute Gasteiger partial charge is 0.273 e. The Morgan fingerprint density at radius 3 is 2.71 bits per heavy atom. The molecule has 1 rings (SSSR count). The summed E-state index contributed by atoms with van der Waals surface area (Å²) in [5.74, 6) is -0.132. The maximum atomic E-state index is 11.8. The quantitative estimate of drug-likeness (QED) is 0.386. The molecule has 1 amide bonds. The maximum Gasteiger partial charge on any atom is 0.273 e. The molecule has 0 radical (unpaired) electrons. The molecule has 1 atom stereocenters. The zero-order chi connectivity index (χ0) is 15.8. The van der Waals surface area contributed by atoms with Gasteiger partial charge in [-0.25, -0.2) is 0 Å². The molecule has 0 saturated carbocycles. The minimum absolute atomic E-state index is 0.178. The van der Waals surface area contributed by atoms with Gasteiger partial charge < -0.3 is 16.2 Å². The van der Waals surface area contributed by atoms with Gasteiger partial charge >= 0.3 is 0 Å². The number of nitrogens with zero attached hydrogens (tertiary/aromatic N) is 1. The lowest BCUT2D eigenvalue weighted by molar-refractivity contribution is -0.384. The Morgan fingerprint density at radius 1 is 1.48 bits per heavy atom. The summed E-state index contributed by atoms with van der Waals surface area (Å²) in [7, 11) is 0. The number of nitrogens with two attached hydrogens (primary N) is 1. The zero-order valence-electron chi connectivity index (χ0n) is 12.0. The van der Waals surface area contributed by atoms with Crippen LogP contribution in [0.4, 0.5) is 11.4 Å². The average Bonchev–Trinajstić information content (AvgIpc) is 2.45. The predicted molar refractivity (Wildman–Crippen MR) is 80.1 cm³/mol. The van der Waals surface area contributed by atoms with Crippen LogP contribution in [0.15, 0.2) is 18.2 Å². The van der Waals surface area contributed by atoms with E-state index in [1.54, 1.807) is 0 Å². The average molecular weight is 295 g/mol. The topological polar surface area (TPSA) is 118 Å². The Balaban J connectivity index is 2.57. The molecule has 1 aromatic carbocycles. The van der Waals surface area contributed by atoms with Crippen molar-refractivity contribution in [3.63, 3.8) is 0 Å². The van der Waals surface area contributed by atoms with Gasteiger partial charge in [-0.3, -0.25) is 14.9 Å². The lowest BCUT2D eigenvalue weighted by Crippen LogP contribution is -2.15. The molecule has 7 heteroatoms. The second kappa shape index (κ2) is 8.21. The van der Waals surface area contributed by atoms with Crippen LogP contribution < -0.4 is 11.1 Å². The number of hydrogen-bond acceptors (Lipinski definition) is 5. The summed E-state index contributed by atoms with van der Waals surface area (Å²) in [5, 5.41) is 22.8. The van der Waals surface area contributed by atoms with Crippen LogP contribution in [0.5, 0.6) is 5.75 Å². The van der Waals surface area contributed by atoms with Crippen LogP contribution in [0.2, 0.25) is 0 Å². The number of aromatic hydroxyl groups is 1. The SMILES string of the molecule is CCC(CCN)CCC(=O)Nc1ccc([N+](=O)[O-])cc1O. The minimum Gasteiger partial charge on any atom is -0.506 e. The Hall–Kier alpha value is -2.15. The molecule has 4 N–H and O–H groups in total. The van der Waals surface area contributed by atoms with E-state index < -0.39 is 4.92 Å². The van der Waals surface area contributed by atoms with Crippen LogP contribution in [0.1, 0.15) is 32.6 Å². The normalized spacial score (nSPS) is 11.9. The molecule has 1 unspecified atom stereocenters. The van der Waals surface area contributed by atoms with Gasteiger partial charge in [0.1, 0.15) is 5.75 Å². The summed E-state index contributed by atoms with van der Waals surface area (Å²) in [6, 6.07) is 3.57. The number of rotatable bonds is 8. The number of anilines is 1. The van der Waals surface area contributed by atoms with Crippen molar-refractivity contribution >= 4 is 17.3 Å². The van der Waals surface area contributed by atoms with Gasteiger partial charge in [0.25, 0.3) is 5.69 Å². The minimum atomic E-state index is -0.607. The van der Waals surface area contributed by atoms with E-state index in [0.29, 0.717) is 18.9 Å². The number of benzene rings is 1. The molecule has 0 aliphatic heterocycles. The highest BCUT2D eigenvalue weighted by Crippen LogP contribution is 2.28. The van der Waals surface area contributed by atoms with Gasteiger partial charge in [0.2, 0.25) is 5.91 Å². The summed E-state index contributed by atoms with van der Waals surface area (Å²) >= 11 is 0. The van der Waals surface area contributed by atoms with Crippen LogP contribution in [-0.2, 0) is 4.79 Å². The second-order valence-electron chi connectivity index (χ2n) is 4.90. The van der Waals surface area contributed by atoms with Gasteiger partial charge in [0, 0.05) is 12.5 Å². The Kier molecular flexibility index (Phi) is 6.61. The van der Waals surface area contributed by atoms with Crippen molar-refractivity contribution in [1.29, 1.82) is 0 Å². The van der Waals surface area contributed by atoms with E-state index in [1.807, 2.05) is 0 Å². The molecule has 7 nitrogen and oxygen atoms in total. The van der Waals surface area contributed by atoms with E-state index in [1.165, 1.54) is 12.1 Å². The Morgan fingerprint density at radius 2 is 2.19 bits per heavy atom. The van der Waals surface area contributed by atoms with Crippen molar-refractivity contribution in [3.05, 3.63) is 28.3 Å². The monoisotopic (exact) mass is 295 g/mol. The van der Waals surface area contributed by atoms with Crippen molar-refractivity contribution in [2.24, 2.45) is 11.7 Å². The van der Waals surface area contributed by atoms with Gasteiger partial charge in [-0.05, 0) is 31.4 Å². The molecular weight excluding hydrogens is 274 g/mol. The highest BCUT2D eigenvalue weighted by atomic mass is 16.6. The van der Waals surface area contributed by atoms with Crippen molar-refractivity contribution in [2.45, 2.75) is 32.6 Å². The molecule has 0 heterocycles. The van der Waals surface area contributed by atoms with E-state index in [0.717, 1.165) is 25.3 Å². The summed E-state index contributed by atoms with van der Waals surface area (Å²) in [5.41, 5.74) is 5.46. The number of carbonyl (C=O) groups excluding carboxylic acids is 1. The van der Waals surface area contributed by atoms with Crippen LogP contribution in [-0.4, -0.2) is 22.5 Å². The van der Waals surface area contributed by atoms with Gasteiger partial charge in [0.05, 0.1) is 16.7 Å². The summed E-state index contributed by atoms with van der Waals surface area (Å²) in [4.78, 5) is 21.8. The third-order valence-electron chi connectivity index (χ3n) is 3.40. The first-order valence-electron chi connectivity index (χ1n) is 6.95.